The van der Waals surface area contributed by atoms with E-state index in [4.69, 9.17) is 16.5 Å². The van der Waals surface area contributed by atoms with Crippen LogP contribution in [0.25, 0.3) is 0 Å². The first-order chi connectivity index (χ1) is 13.3. The fourth-order valence-corrected chi connectivity index (χ4v) is 1.79. The van der Waals surface area contributed by atoms with Crippen molar-refractivity contribution in [3.8, 4) is 5.75 Å². The fourth-order valence-electron chi connectivity index (χ4n) is 1.79. The lowest BCUT2D eigenvalue weighted by molar-refractivity contribution is -0.134. The van der Waals surface area contributed by atoms with Crippen LogP contribution in [0.2, 0.25) is 7.06 Å². The predicted octanol–water partition coefficient (Wildman–Crippen LogP) is -0.00750. The molecule has 0 atom stereocenters. The maximum Gasteiger partial charge on any atom is 0.338 e. The standard InChI is InChI=1S/C16H23N3O4/c1-2-22-15(21)12-7-9-13(10-8-12)23-14(20)6-4-3-5-11-19-16(17)18/h7-10H,2-6,11H2,1H3,(H4,17,18,19)/p+1/i/hD5. The molecule has 5 N–H and O–H groups in total. The number of carbonyl (C=O) groups is 2. The van der Waals surface area contributed by atoms with E-state index in [1.807, 2.05) is 0 Å². The molecule has 0 aliphatic rings. The number of nitrogens with two attached hydrogens (primary N) is 2. The molecule has 0 aromatic heterocycles. The number of carbonyl (C=O) groups excluding carboxylic acids is 2. The Morgan fingerprint density at radius 2 is 2.13 bits per heavy atom. The van der Waals surface area contributed by atoms with Gasteiger partial charge in [0.05, 0.1) is 18.7 Å². The summed E-state index contributed by atoms with van der Waals surface area (Å²) in [6.45, 7) is 2.11. The van der Waals surface area contributed by atoms with Crippen molar-refractivity contribution in [2.75, 3.05) is 13.2 Å². The van der Waals surface area contributed by atoms with Crippen LogP contribution in [0.5, 0.6) is 5.75 Å². The van der Waals surface area contributed by atoms with Gasteiger partial charge in [0.2, 0.25) is 0 Å². The zero-order valence-electron chi connectivity index (χ0n) is 18.0. The minimum absolute atomic E-state index is 0.0254. The van der Waals surface area contributed by atoms with E-state index < -0.39 is 17.9 Å². The van der Waals surface area contributed by atoms with Crippen molar-refractivity contribution in [2.24, 2.45) is 5.72 Å². The van der Waals surface area contributed by atoms with Crippen molar-refractivity contribution in [3.05, 3.63) is 29.8 Å². The number of hydrogen-bond donors (Lipinski definition) is 3. The third-order valence-electron chi connectivity index (χ3n) is 2.89. The van der Waals surface area contributed by atoms with Gasteiger partial charge in [-0.05, 0) is 50.5 Å². The molecule has 126 valence electrons. The summed E-state index contributed by atoms with van der Waals surface area (Å²) in [5.41, 5.74) is 0.396. The van der Waals surface area contributed by atoms with Gasteiger partial charge < -0.3 is 9.47 Å². The largest absolute Gasteiger partial charge is 0.462 e. The number of hydrogen-bond acceptors (Lipinski definition) is 4. The number of guanidine groups is 1. The van der Waals surface area contributed by atoms with E-state index in [1.165, 1.54) is 24.3 Å². The van der Waals surface area contributed by atoms with Crippen molar-refractivity contribution in [3.63, 3.8) is 0 Å². The second-order valence-corrected chi connectivity index (χ2v) is 4.71. The van der Waals surface area contributed by atoms with Crippen LogP contribution in [0.15, 0.2) is 24.3 Å². The Labute approximate surface area is 143 Å². The summed E-state index contributed by atoms with van der Waals surface area (Å²) in [5, 5.41) is 0.737. The van der Waals surface area contributed by atoms with E-state index in [1.54, 1.807) is 6.92 Å². The Kier molecular flexibility index (Phi) is 5.29. The van der Waals surface area contributed by atoms with Crippen LogP contribution in [-0.2, 0) is 9.53 Å². The zero-order chi connectivity index (χ0) is 21.1. The van der Waals surface area contributed by atoms with Crippen molar-refractivity contribution in [1.82, 2.24) is 5.31 Å². The van der Waals surface area contributed by atoms with Gasteiger partial charge in [-0.15, -0.1) is 0 Å². The zero-order valence-corrected chi connectivity index (χ0v) is 13.0. The molecule has 0 saturated carbocycles. The molecular weight excluding hydrogens is 298 g/mol. The highest BCUT2D eigenvalue weighted by Crippen LogP contribution is 2.14. The highest BCUT2D eigenvalue weighted by molar-refractivity contribution is 5.89. The Bertz CT molecular complexity index is 681. The molecule has 0 spiro atoms. The number of rotatable bonds is 9. The van der Waals surface area contributed by atoms with E-state index >= 15 is 0 Å². The molecular formula is C16H24N3O4+. The molecule has 0 unspecified atom stereocenters. The lowest BCUT2D eigenvalue weighted by Gasteiger charge is -2.06. The molecule has 0 saturated heterocycles. The van der Waals surface area contributed by atoms with Crippen molar-refractivity contribution >= 4 is 17.9 Å². The quantitative estimate of drug-likeness (QED) is 0.193. The lowest BCUT2D eigenvalue weighted by Crippen LogP contribution is -2.54. The Balaban J connectivity index is 2.32. The first kappa shape index (κ1) is 11.9. The predicted molar refractivity (Wildman–Crippen MR) is 85.6 cm³/mol. The average Bonchev–Trinajstić information content (AvgIpc) is 2.61. The SMILES string of the molecule is [2H]N([2H])C(N([2H])CCCCCC(=O)Oc1ccc(C(=O)OCC)cc1)=[N+]([2H])[2H]. The Morgan fingerprint density at radius 3 is 2.78 bits per heavy atom. The summed E-state index contributed by atoms with van der Waals surface area (Å²) in [7, 11) is 0. The molecule has 0 aliphatic carbocycles. The smallest absolute Gasteiger partial charge is 0.338 e. The highest BCUT2D eigenvalue weighted by Gasteiger charge is 2.08. The van der Waals surface area contributed by atoms with Gasteiger partial charge in [-0.2, -0.15) is 0 Å². The molecule has 0 radical (unpaired) electrons. The minimum atomic E-state index is -0.523. The molecule has 0 aliphatic heterocycles. The van der Waals surface area contributed by atoms with Crippen LogP contribution in [0, 0.1) is 0 Å². The molecule has 1 aromatic rings. The number of unbranched alkanes of at least 4 members (excludes halogenated alkanes) is 2. The first-order valence-corrected chi connectivity index (χ1v) is 7.43. The first-order valence-electron chi connectivity index (χ1n) is 9.66. The maximum absolute atomic E-state index is 11.8. The van der Waals surface area contributed by atoms with E-state index in [9.17, 15) is 9.59 Å². The van der Waals surface area contributed by atoms with Gasteiger partial charge in [-0.25, -0.2) is 4.79 Å². The van der Waals surface area contributed by atoms with Gasteiger partial charge in [0.1, 0.15) is 5.75 Å². The number of ether oxygens (including phenoxy) is 2. The summed E-state index contributed by atoms with van der Waals surface area (Å²) in [6, 6.07) is 6.06. The van der Waals surface area contributed by atoms with Crippen LogP contribution < -0.4 is 21.2 Å². The molecule has 1 aromatic carbocycles. The Morgan fingerprint density at radius 1 is 1.35 bits per heavy atom. The van der Waals surface area contributed by atoms with E-state index in [0.717, 1.165) is 0 Å². The monoisotopic (exact) mass is 327 g/mol. The van der Waals surface area contributed by atoms with Crippen molar-refractivity contribution < 1.29 is 31.5 Å². The number of nitrogens with one attached hydrogen (secondary N) is 1. The van der Waals surface area contributed by atoms with Gasteiger partial charge in [-0.3, -0.25) is 21.2 Å². The fraction of sp³-hybridized carbons (Fsp3) is 0.438. The summed E-state index contributed by atoms with van der Waals surface area (Å²) < 4.78 is 46.0. The van der Waals surface area contributed by atoms with Crippen LogP contribution in [0.1, 0.15) is 43.0 Å². The highest BCUT2D eigenvalue weighted by atomic mass is 16.5. The molecule has 1 rings (SSSR count). The second kappa shape index (κ2) is 10.2. The van der Waals surface area contributed by atoms with E-state index in [0.29, 0.717) is 35.9 Å². The summed E-state index contributed by atoms with van der Waals surface area (Å²) in [5.74, 6) is -1.06. The van der Waals surface area contributed by atoms with Crippen LogP contribution in [0.4, 0.5) is 0 Å². The normalized spacial score (nSPS) is 12.7. The van der Waals surface area contributed by atoms with Gasteiger partial charge in [0.25, 0.3) is 7.06 Å². The van der Waals surface area contributed by atoms with Gasteiger partial charge in [-0.1, -0.05) is 0 Å². The minimum Gasteiger partial charge on any atom is -0.462 e. The van der Waals surface area contributed by atoms with Gasteiger partial charge in [0, 0.05) is 6.42 Å². The van der Waals surface area contributed by atoms with Crippen LogP contribution >= 0.6 is 0 Å². The number of esters is 2. The third-order valence-corrected chi connectivity index (χ3v) is 2.89. The van der Waals surface area contributed by atoms with E-state index in [-0.39, 0.29) is 30.7 Å². The second-order valence-electron chi connectivity index (χ2n) is 4.71. The molecule has 0 heterocycles. The van der Waals surface area contributed by atoms with Gasteiger partial charge in [0.15, 0.2) is 0 Å². The van der Waals surface area contributed by atoms with Gasteiger partial charge >= 0.3 is 17.9 Å². The summed E-state index contributed by atoms with van der Waals surface area (Å²) >= 11 is 0. The van der Waals surface area contributed by atoms with Crippen molar-refractivity contribution in [2.45, 2.75) is 32.6 Å². The summed E-state index contributed by atoms with van der Waals surface area (Å²) in [4.78, 5) is 23.4. The molecule has 0 bridgehead atoms. The van der Waals surface area contributed by atoms with Crippen molar-refractivity contribution in [1.29, 1.82) is 0 Å². The Hall–Kier alpha value is -2.57. The molecule has 7 heteroatoms. The molecule has 23 heavy (non-hydrogen) atoms. The van der Waals surface area contributed by atoms with Crippen LogP contribution in [0.3, 0.4) is 0 Å². The molecule has 0 amide bonds. The van der Waals surface area contributed by atoms with Crippen LogP contribution in [-0.4, -0.2) is 31.0 Å². The summed E-state index contributed by atoms with van der Waals surface area (Å²) in [6.07, 6.45) is 1.75. The lowest BCUT2D eigenvalue weighted by atomic mass is 10.2. The molecule has 7 nitrogen and oxygen atoms in total. The number of benzene rings is 1. The average molecular weight is 327 g/mol. The molecule has 0 fully saturated rings. The maximum atomic E-state index is 11.8. The topological polar surface area (TPSA) is 116 Å². The third kappa shape index (κ3) is 7.85. The van der Waals surface area contributed by atoms with E-state index in [2.05, 4.69) is 0 Å².